The molecule has 254 valence electrons. The number of halogens is 2. The number of benzene rings is 1. The molecule has 10 nitrogen and oxygen atoms in total. The first-order valence-electron chi connectivity index (χ1n) is 15.2. The van der Waals surface area contributed by atoms with Crippen molar-refractivity contribution in [3.63, 3.8) is 0 Å². The molecule has 0 unspecified atom stereocenters. The Balaban J connectivity index is 0.000000265. The first kappa shape index (κ1) is 36.3. The number of amides is 3. The van der Waals surface area contributed by atoms with E-state index in [-0.39, 0.29) is 31.7 Å². The van der Waals surface area contributed by atoms with E-state index in [1.165, 1.54) is 4.90 Å². The largest absolute Gasteiger partial charge is 0.445 e. The molecule has 2 saturated carbocycles. The van der Waals surface area contributed by atoms with Gasteiger partial charge in [0.15, 0.2) is 0 Å². The van der Waals surface area contributed by atoms with Crippen LogP contribution in [0.2, 0.25) is 0 Å². The summed E-state index contributed by atoms with van der Waals surface area (Å²) in [5, 5.41) is 8.92. The van der Waals surface area contributed by atoms with Gasteiger partial charge in [0.1, 0.15) is 17.8 Å². The highest BCUT2D eigenvalue weighted by Crippen LogP contribution is 2.54. The normalized spacial score (nSPS) is 29.6. The zero-order valence-corrected chi connectivity index (χ0v) is 26.8. The zero-order valence-electron chi connectivity index (χ0n) is 26.8. The van der Waals surface area contributed by atoms with Gasteiger partial charge in [-0.1, -0.05) is 37.8 Å². The van der Waals surface area contributed by atoms with E-state index < -0.39 is 47.1 Å². The van der Waals surface area contributed by atoms with E-state index in [1.807, 2.05) is 51.1 Å². The second kappa shape index (κ2) is 13.3. The lowest BCUT2D eigenvalue weighted by Gasteiger charge is -2.62. The van der Waals surface area contributed by atoms with E-state index in [0.717, 1.165) is 5.56 Å². The lowest BCUT2D eigenvalue weighted by Crippen LogP contribution is -2.75. The Morgan fingerprint density at radius 3 is 1.82 bits per heavy atom. The van der Waals surface area contributed by atoms with Crippen LogP contribution in [-0.4, -0.2) is 85.0 Å². The van der Waals surface area contributed by atoms with Crippen LogP contribution in [0.1, 0.15) is 80.2 Å². The molecular formula is C33H52F2N4O6. The molecule has 0 spiro atoms. The first-order valence-corrected chi connectivity index (χ1v) is 15.2. The SMILES string of the molecule is C.CC(C)(C)OC(=O)NC12CN(C(=O)OCc3ccccc3)CC(CF)(C1)C2.CC(C)(C)OC(=O)NC12CNCC(CF)(C1)C2. The number of nitrogens with one attached hydrogen (secondary N) is 3. The van der Waals surface area contributed by atoms with E-state index in [4.69, 9.17) is 14.2 Å². The number of fused-ring (bicyclic) bond motifs is 4. The van der Waals surface area contributed by atoms with Crippen molar-refractivity contribution in [2.75, 3.05) is 39.5 Å². The maximum atomic E-state index is 13.6. The van der Waals surface area contributed by atoms with Gasteiger partial charge in [0, 0.05) is 37.0 Å². The molecule has 0 aromatic heterocycles. The molecule has 45 heavy (non-hydrogen) atoms. The lowest BCUT2D eigenvalue weighted by molar-refractivity contribution is -0.102. The summed E-state index contributed by atoms with van der Waals surface area (Å²) < 4.78 is 42.5. The van der Waals surface area contributed by atoms with Crippen LogP contribution in [0.25, 0.3) is 0 Å². The van der Waals surface area contributed by atoms with Crippen LogP contribution in [-0.2, 0) is 20.8 Å². The average Bonchev–Trinajstić information content (AvgIpc) is 2.89. The number of ether oxygens (including phenoxy) is 3. The Morgan fingerprint density at radius 1 is 0.800 bits per heavy atom. The lowest BCUT2D eigenvalue weighted by atomic mass is 9.54. The van der Waals surface area contributed by atoms with Gasteiger partial charge < -0.3 is 35.1 Å². The highest BCUT2D eigenvalue weighted by atomic mass is 19.1. The van der Waals surface area contributed by atoms with Crippen molar-refractivity contribution >= 4 is 18.3 Å². The minimum atomic E-state index is -0.654. The predicted molar refractivity (Wildman–Crippen MR) is 167 cm³/mol. The van der Waals surface area contributed by atoms with Crippen molar-refractivity contribution < 1.29 is 37.4 Å². The highest BCUT2D eigenvalue weighted by molar-refractivity contribution is 5.71. The highest BCUT2D eigenvalue weighted by Gasteiger charge is 2.62. The zero-order chi connectivity index (χ0) is 32.4. The number of carbonyl (C=O) groups is 3. The number of piperidine rings is 4. The molecule has 1 aromatic carbocycles. The van der Waals surface area contributed by atoms with Crippen LogP contribution in [0.3, 0.4) is 0 Å². The fourth-order valence-corrected chi connectivity index (χ4v) is 7.15. The van der Waals surface area contributed by atoms with Crippen molar-refractivity contribution in [3.8, 4) is 0 Å². The second-order valence-electron chi connectivity index (χ2n) is 15.3. The fourth-order valence-electron chi connectivity index (χ4n) is 7.15. The van der Waals surface area contributed by atoms with Gasteiger partial charge in [-0.05, 0) is 72.8 Å². The molecule has 4 heterocycles. The molecule has 4 saturated heterocycles. The smallest absolute Gasteiger partial charge is 0.410 e. The van der Waals surface area contributed by atoms with Crippen molar-refractivity contribution in [2.24, 2.45) is 10.8 Å². The number of carbonyl (C=O) groups excluding carboxylic acids is 3. The van der Waals surface area contributed by atoms with Gasteiger partial charge >= 0.3 is 18.3 Å². The van der Waals surface area contributed by atoms with Crippen LogP contribution in [0.4, 0.5) is 23.2 Å². The van der Waals surface area contributed by atoms with E-state index in [9.17, 15) is 23.2 Å². The van der Waals surface area contributed by atoms with Crippen LogP contribution in [0.5, 0.6) is 0 Å². The molecule has 3 N–H and O–H groups in total. The van der Waals surface area contributed by atoms with Gasteiger partial charge in [0.05, 0.1) is 24.4 Å². The third-order valence-electron chi connectivity index (χ3n) is 8.40. The summed E-state index contributed by atoms with van der Waals surface area (Å²) in [6.07, 6.45) is 0.969. The Bertz CT molecular complexity index is 1190. The van der Waals surface area contributed by atoms with Crippen LogP contribution >= 0.6 is 0 Å². The maximum Gasteiger partial charge on any atom is 0.410 e. The number of rotatable bonds is 6. The molecule has 6 aliphatic rings. The van der Waals surface area contributed by atoms with Crippen LogP contribution < -0.4 is 16.0 Å². The van der Waals surface area contributed by atoms with E-state index in [0.29, 0.717) is 51.9 Å². The number of hydrogen-bond acceptors (Lipinski definition) is 7. The molecule has 2 aliphatic carbocycles. The topological polar surface area (TPSA) is 118 Å². The van der Waals surface area contributed by atoms with Gasteiger partial charge in [-0.2, -0.15) is 0 Å². The summed E-state index contributed by atoms with van der Waals surface area (Å²) in [4.78, 5) is 37.9. The van der Waals surface area contributed by atoms with Gasteiger partial charge in [-0.25, -0.2) is 14.4 Å². The van der Waals surface area contributed by atoms with Crippen molar-refractivity contribution in [1.82, 2.24) is 20.9 Å². The number of alkyl carbamates (subject to hydrolysis) is 2. The minimum Gasteiger partial charge on any atom is -0.445 e. The third-order valence-corrected chi connectivity index (χ3v) is 8.40. The molecule has 6 fully saturated rings. The summed E-state index contributed by atoms with van der Waals surface area (Å²) in [7, 11) is 0. The molecule has 4 bridgehead atoms. The van der Waals surface area contributed by atoms with Gasteiger partial charge in [-0.3, -0.25) is 8.78 Å². The monoisotopic (exact) mass is 638 g/mol. The summed E-state index contributed by atoms with van der Waals surface area (Å²) >= 11 is 0. The van der Waals surface area contributed by atoms with E-state index in [1.54, 1.807) is 20.8 Å². The molecule has 0 atom stereocenters. The van der Waals surface area contributed by atoms with Gasteiger partial charge in [-0.15, -0.1) is 0 Å². The first-order chi connectivity index (χ1) is 20.4. The van der Waals surface area contributed by atoms with Crippen molar-refractivity contribution in [3.05, 3.63) is 35.9 Å². The summed E-state index contributed by atoms with van der Waals surface area (Å²) in [5.41, 5.74) is -2.05. The third kappa shape index (κ3) is 9.20. The Morgan fingerprint density at radius 2 is 1.31 bits per heavy atom. The number of alkyl halides is 2. The molecular weight excluding hydrogens is 586 g/mol. The Hall–Kier alpha value is -3.15. The standard InChI is InChI=1S/C20H27FN2O4.C12H21FN2O2.CH4/c1-18(2,3)27-16(24)22-20-10-19(11-20,12-21)13-23(14-20)17(25)26-9-15-7-5-4-6-8-15;1-10(2,3)17-9(16)15-12-4-11(5-12,6-13)7-14-8-12;/h4-8H,9-14H2,1-3H3,(H,22,24);14H,4-8H2,1-3H3,(H,15,16);1H4. The van der Waals surface area contributed by atoms with Crippen LogP contribution in [0.15, 0.2) is 30.3 Å². The minimum absolute atomic E-state index is 0. The molecule has 4 aliphatic heterocycles. The van der Waals surface area contributed by atoms with Gasteiger partial charge in [0.2, 0.25) is 0 Å². The summed E-state index contributed by atoms with van der Waals surface area (Å²) in [6, 6.07) is 9.37. The van der Waals surface area contributed by atoms with Gasteiger partial charge in [0.25, 0.3) is 0 Å². The Labute approximate surface area is 266 Å². The van der Waals surface area contributed by atoms with Crippen LogP contribution in [0, 0.1) is 10.8 Å². The summed E-state index contributed by atoms with van der Waals surface area (Å²) in [5.74, 6) is 0. The molecule has 3 amide bonds. The van der Waals surface area contributed by atoms with Crippen molar-refractivity contribution in [2.45, 2.75) is 104 Å². The quantitative estimate of drug-likeness (QED) is 0.333. The Kier molecular flexibility index (Phi) is 10.7. The number of hydrogen-bond donors (Lipinski definition) is 3. The van der Waals surface area contributed by atoms with Crippen molar-refractivity contribution in [1.29, 1.82) is 0 Å². The summed E-state index contributed by atoms with van der Waals surface area (Å²) in [6.45, 7) is 12.1. The molecule has 12 heteroatoms. The van der Waals surface area contributed by atoms with E-state index >= 15 is 0 Å². The molecule has 1 aromatic rings. The predicted octanol–water partition coefficient (Wildman–Crippen LogP) is 5.89. The molecule has 0 radical (unpaired) electrons. The number of nitrogens with zero attached hydrogens (tertiary/aromatic N) is 1. The van der Waals surface area contributed by atoms with E-state index in [2.05, 4.69) is 16.0 Å². The fraction of sp³-hybridized carbons (Fsp3) is 0.727. The molecule has 7 rings (SSSR count). The average molecular weight is 639 g/mol. The second-order valence-corrected chi connectivity index (χ2v) is 15.3. The maximum absolute atomic E-state index is 13.6.